The maximum atomic E-state index is 13.1. The lowest BCUT2D eigenvalue weighted by molar-refractivity contribution is -0.385. The van der Waals surface area contributed by atoms with Crippen LogP contribution in [0.25, 0.3) is 0 Å². The van der Waals surface area contributed by atoms with Crippen molar-refractivity contribution in [2.75, 3.05) is 11.9 Å². The number of non-ortho nitro benzene ring substituents is 1. The Morgan fingerprint density at radius 2 is 2.12 bits per heavy atom. The average molecular weight is 244 g/mol. The van der Waals surface area contributed by atoms with E-state index in [1.807, 2.05) is 0 Å². The highest BCUT2D eigenvalue weighted by Gasteiger charge is 2.49. The third kappa shape index (κ3) is 1.67. The van der Waals surface area contributed by atoms with Crippen LogP contribution in [-0.4, -0.2) is 24.0 Å². The Kier molecular flexibility index (Phi) is 2.23. The largest absolute Gasteiger partial charge is 0.482 e. The molecule has 0 N–H and O–H groups in total. The third-order valence-electron chi connectivity index (χ3n) is 2.31. The highest BCUT2D eigenvalue weighted by atomic mass is 19.3. The fourth-order valence-electron chi connectivity index (χ4n) is 1.46. The molecule has 1 aromatic rings. The number of amides is 1. The van der Waals surface area contributed by atoms with Gasteiger partial charge in [-0.15, -0.1) is 0 Å². The quantitative estimate of drug-likeness (QED) is 0.554. The van der Waals surface area contributed by atoms with Crippen LogP contribution in [0.1, 0.15) is 0 Å². The molecule has 0 radical (unpaired) electrons. The topological polar surface area (TPSA) is 72.7 Å². The number of nitro groups is 1. The van der Waals surface area contributed by atoms with Crippen LogP contribution in [0.15, 0.2) is 18.2 Å². The number of likely N-dealkylation sites (N-methyl/N-ethyl adjacent to an activating group) is 1. The van der Waals surface area contributed by atoms with Gasteiger partial charge in [-0.1, -0.05) is 0 Å². The van der Waals surface area contributed by atoms with Gasteiger partial charge in [0.1, 0.15) is 0 Å². The third-order valence-corrected chi connectivity index (χ3v) is 2.31. The van der Waals surface area contributed by atoms with Crippen molar-refractivity contribution in [3.8, 4) is 5.75 Å². The minimum atomic E-state index is -4.00. The number of halogens is 2. The summed E-state index contributed by atoms with van der Waals surface area (Å²) in [5.41, 5.74) is -0.325. The van der Waals surface area contributed by atoms with Gasteiger partial charge in [0.25, 0.3) is 5.69 Å². The van der Waals surface area contributed by atoms with E-state index in [2.05, 4.69) is 4.74 Å². The molecule has 0 spiro atoms. The van der Waals surface area contributed by atoms with Crippen LogP contribution >= 0.6 is 0 Å². The number of carbonyl (C=O) groups is 1. The van der Waals surface area contributed by atoms with Gasteiger partial charge in [-0.05, 0) is 6.07 Å². The van der Waals surface area contributed by atoms with Gasteiger partial charge in [0.05, 0.1) is 16.7 Å². The smallest absolute Gasteiger partial charge is 0.423 e. The number of nitrogens with zero attached hydrogens (tertiary/aromatic N) is 2. The summed E-state index contributed by atoms with van der Waals surface area (Å²) in [5.74, 6) is -1.91. The second-order valence-corrected chi connectivity index (χ2v) is 3.39. The summed E-state index contributed by atoms with van der Waals surface area (Å²) >= 11 is 0. The van der Waals surface area contributed by atoms with E-state index in [9.17, 15) is 23.7 Å². The summed E-state index contributed by atoms with van der Waals surface area (Å²) in [5, 5.41) is 10.5. The number of fused-ring (bicyclic) bond motifs is 1. The number of hydrogen-bond acceptors (Lipinski definition) is 4. The molecule has 90 valence electrons. The number of alkyl halides is 2. The zero-order valence-corrected chi connectivity index (χ0v) is 8.52. The van der Waals surface area contributed by atoms with Crippen molar-refractivity contribution in [2.45, 2.75) is 6.11 Å². The Bertz CT molecular complexity index is 518. The predicted octanol–water partition coefficient (Wildman–Crippen LogP) is 1.54. The molecule has 0 atom stereocenters. The summed E-state index contributed by atoms with van der Waals surface area (Å²) in [7, 11) is 1.14. The molecule has 1 aromatic carbocycles. The molecule has 6 nitrogen and oxygen atoms in total. The molecule has 0 aromatic heterocycles. The van der Waals surface area contributed by atoms with Crippen LogP contribution in [0.3, 0.4) is 0 Å². The van der Waals surface area contributed by atoms with Crippen LogP contribution in [0.4, 0.5) is 20.2 Å². The van der Waals surface area contributed by atoms with E-state index < -0.39 is 22.7 Å². The Morgan fingerprint density at radius 1 is 1.47 bits per heavy atom. The maximum Gasteiger partial charge on any atom is 0.482 e. The Labute approximate surface area is 93.5 Å². The van der Waals surface area contributed by atoms with Crippen LogP contribution in [0.2, 0.25) is 0 Å². The maximum absolute atomic E-state index is 13.1. The fourth-order valence-corrected chi connectivity index (χ4v) is 1.46. The molecule has 17 heavy (non-hydrogen) atoms. The Hall–Kier alpha value is -2.25. The molecule has 0 fully saturated rings. The SMILES string of the molecule is CN1C(=O)C(F)(F)Oc2cc([N+](=O)[O-])ccc21. The van der Waals surface area contributed by atoms with Crippen LogP contribution in [0, 0.1) is 10.1 Å². The number of benzene rings is 1. The first-order valence-corrected chi connectivity index (χ1v) is 4.46. The summed E-state index contributed by atoms with van der Waals surface area (Å²) in [6.07, 6.45) is -4.00. The minimum absolute atomic E-state index is 0.0616. The molecule has 1 amide bonds. The molecular weight excluding hydrogens is 238 g/mol. The van der Waals surface area contributed by atoms with E-state index in [1.54, 1.807) is 0 Å². The summed E-state index contributed by atoms with van der Waals surface area (Å²) in [6.45, 7) is 0. The molecule has 2 rings (SSSR count). The van der Waals surface area contributed by atoms with Gasteiger partial charge in [0, 0.05) is 13.1 Å². The predicted molar refractivity (Wildman–Crippen MR) is 52.1 cm³/mol. The molecule has 8 heteroatoms. The Balaban J connectivity index is 2.54. The van der Waals surface area contributed by atoms with Crippen molar-refractivity contribution >= 4 is 17.3 Å². The summed E-state index contributed by atoms with van der Waals surface area (Å²) in [4.78, 5) is 21.6. The van der Waals surface area contributed by atoms with E-state index >= 15 is 0 Å². The van der Waals surface area contributed by atoms with Crippen molar-refractivity contribution in [1.29, 1.82) is 0 Å². The first-order valence-electron chi connectivity index (χ1n) is 4.46. The van der Waals surface area contributed by atoms with Gasteiger partial charge in [-0.3, -0.25) is 14.9 Å². The van der Waals surface area contributed by atoms with Gasteiger partial charge in [0.2, 0.25) is 0 Å². The molecule has 0 saturated carbocycles. The molecule has 1 aliphatic heterocycles. The van der Waals surface area contributed by atoms with Gasteiger partial charge < -0.3 is 9.64 Å². The van der Waals surface area contributed by atoms with Gasteiger partial charge in [0.15, 0.2) is 5.75 Å². The van der Waals surface area contributed by atoms with Crippen molar-refractivity contribution < 1.29 is 23.2 Å². The van der Waals surface area contributed by atoms with Gasteiger partial charge in [-0.2, -0.15) is 8.78 Å². The van der Waals surface area contributed by atoms with Crippen molar-refractivity contribution in [3.63, 3.8) is 0 Å². The minimum Gasteiger partial charge on any atom is -0.423 e. The number of anilines is 1. The van der Waals surface area contributed by atoms with Crippen molar-refractivity contribution in [3.05, 3.63) is 28.3 Å². The van der Waals surface area contributed by atoms with Crippen molar-refractivity contribution in [1.82, 2.24) is 0 Å². The van der Waals surface area contributed by atoms with Gasteiger partial charge >= 0.3 is 12.0 Å². The van der Waals surface area contributed by atoms with E-state index in [-0.39, 0.29) is 11.4 Å². The van der Waals surface area contributed by atoms with E-state index in [0.29, 0.717) is 4.90 Å². The monoisotopic (exact) mass is 244 g/mol. The fraction of sp³-hybridized carbons (Fsp3) is 0.222. The molecule has 0 saturated heterocycles. The van der Waals surface area contributed by atoms with Crippen LogP contribution < -0.4 is 9.64 Å². The lowest BCUT2D eigenvalue weighted by atomic mass is 10.2. The lowest BCUT2D eigenvalue weighted by Gasteiger charge is -2.30. The highest BCUT2D eigenvalue weighted by Crippen LogP contribution is 2.40. The van der Waals surface area contributed by atoms with E-state index in [0.717, 1.165) is 19.2 Å². The normalized spacial score (nSPS) is 17.4. The van der Waals surface area contributed by atoms with Crippen molar-refractivity contribution in [2.24, 2.45) is 0 Å². The summed E-state index contributed by atoms with van der Waals surface area (Å²) in [6, 6.07) is 3.14. The van der Waals surface area contributed by atoms with E-state index in [1.165, 1.54) is 6.07 Å². The highest BCUT2D eigenvalue weighted by molar-refractivity contribution is 6.00. The molecule has 0 bridgehead atoms. The summed E-state index contributed by atoms with van der Waals surface area (Å²) < 4.78 is 30.3. The number of nitro benzene ring substituents is 1. The van der Waals surface area contributed by atoms with E-state index in [4.69, 9.17) is 0 Å². The second kappa shape index (κ2) is 3.37. The second-order valence-electron chi connectivity index (χ2n) is 3.39. The zero-order chi connectivity index (χ0) is 12.8. The molecule has 0 unspecified atom stereocenters. The lowest BCUT2D eigenvalue weighted by Crippen LogP contribution is -2.48. The molecule has 1 heterocycles. The molecule has 1 aliphatic rings. The first kappa shape index (κ1) is 11.2. The van der Waals surface area contributed by atoms with Gasteiger partial charge in [-0.25, -0.2) is 0 Å². The standard InChI is InChI=1S/C9H6F2N2O4/c1-12-6-3-2-5(13(15)16)4-7(6)17-9(10,11)8(12)14/h2-4H,1H3. The number of rotatable bonds is 1. The first-order chi connectivity index (χ1) is 7.83. The molecular formula is C9H6F2N2O4. The molecule has 0 aliphatic carbocycles. The number of hydrogen-bond donors (Lipinski definition) is 0. The average Bonchev–Trinajstić information content (AvgIpc) is 2.25. The van der Waals surface area contributed by atoms with Crippen LogP contribution in [0.5, 0.6) is 5.75 Å². The number of ether oxygens (including phenoxy) is 1. The van der Waals surface area contributed by atoms with Crippen LogP contribution in [-0.2, 0) is 4.79 Å². The zero-order valence-electron chi connectivity index (χ0n) is 8.52. The Morgan fingerprint density at radius 3 is 2.71 bits per heavy atom. The number of carbonyl (C=O) groups excluding carboxylic acids is 1.